The Bertz CT molecular complexity index is 1250. The van der Waals surface area contributed by atoms with Gasteiger partial charge in [-0.3, -0.25) is 9.80 Å². The molecule has 0 amide bonds. The summed E-state index contributed by atoms with van der Waals surface area (Å²) in [6.45, 7) is 6.20. The fourth-order valence-corrected chi connectivity index (χ4v) is 4.36. The van der Waals surface area contributed by atoms with Crippen LogP contribution >= 0.6 is 0 Å². The molecule has 2 heterocycles. The van der Waals surface area contributed by atoms with Gasteiger partial charge in [-0.1, -0.05) is 60.7 Å². The number of nitrogens with zero attached hydrogens (tertiary/aromatic N) is 2. The number of rotatable bonds is 7. The fraction of sp³-hybridized carbons (Fsp3) is 0.250. The van der Waals surface area contributed by atoms with Crippen molar-refractivity contribution in [3.63, 3.8) is 0 Å². The smallest absolute Gasteiger partial charge is 0.336 e. The number of piperazine rings is 1. The molecule has 0 atom stereocenters. The molecule has 5 nitrogen and oxygen atoms in total. The van der Waals surface area contributed by atoms with E-state index in [-0.39, 0.29) is 5.63 Å². The van der Waals surface area contributed by atoms with Crippen molar-refractivity contribution in [2.45, 2.75) is 19.7 Å². The van der Waals surface area contributed by atoms with Gasteiger partial charge in [0.2, 0.25) is 0 Å². The van der Waals surface area contributed by atoms with Gasteiger partial charge in [0.15, 0.2) is 0 Å². The first kappa shape index (κ1) is 21.4. The maximum Gasteiger partial charge on any atom is 0.336 e. The van der Waals surface area contributed by atoms with Crippen molar-refractivity contribution in [3.05, 3.63) is 112 Å². The molecule has 0 radical (unpaired) electrons. The zero-order valence-electron chi connectivity index (χ0n) is 18.7. The number of hydrogen-bond donors (Lipinski definition) is 0. The van der Waals surface area contributed by atoms with Crippen LogP contribution in [0.4, 0.5) is 0 Å². The Balaban J connectivity index is 1.24. The van der Waals surface area contributed by atoms with Crippen LogP contribution in [0.1, 0.15) is 16.7 Å². The summed E-state index contributed by atoms with van der Waals surface area (Å²) in [4.78, 5) is 17.2. The highest BCUT2D eigenvalue weighted by molar-refractivity contribution is 5.81. The molecule has 33 heavy (non-hydrogen) atoms. The van der Waals surface area contributed by atoms with E-state index in [4.69, 9.17) is 9.15 Å². The Hall–Kier alpha value is -3.41. The van der Waals surface area contributed by atoms with Gasteiger partial charge in [0, 0.05) is 56.8 Å². The molecule has 1 aromatic heterocycles. The molecule has 4 aromatic rings. The van der Waals surface area contributed by atoms with Crippen molar-refractivity contribution in [3.8, 4) is 5.75 Å². The summed E-state index contributed by atoms with van der Waals surface area (Å²) in [5, 5.41) is 0.966. The molecular weight excluding hydrogens is 412 g/mol. The first-order chi connectivity index (χ1) is 16.2. The van der Waals surface area contributed by atoms with Gasteiger partial charge in [-0.05, 0) is 28.8 Å². The second-order valence-electron chi connectivity index (χ2n) is 8.56. The van der Waals surface area contributed by atoms with E-state index in [9.17, 15) is 4.79 Å². The number of benzene rings is 3. The Morgan fingerprint density at radius 2 is 1.36 bits per heavy atom. The molecule has 1 saturated heterocycles. The van der Waals surface area contributed by atoms with E-state index >= 15 is 0 Å². The molecule has 0 saturated carbocycles. The third-order valence-electron chi connectivity index (χ3n) is 6.16. The van der Waals surface area contributed by atoms with Crippen molar-refractivity contribution in [2.75, 3.05) is 26.2 Å². The Labute approximate surface area is 193 Å². The molecule has 168 valence electrons. The molecule has 5 rings (SSSR count). The lowest BCUT2D eigenvalue weighted by atomic mass is 10.1. The van der Waals surface area contributed by atoms with E-state index < -0.39 is 0 Å². The summed E-state index contributed by atoms with van der Waals surface area (Å²) in [5.41, 5.74) is 3.71. The van der Waals surface area contributed by atoms with Crippen LogP contribution in [-0.2, 0) is 19.7 Å². The third-order valence-corrected chi connectivity index (χ3v) is 6.16. The quantitative estimate of drug-likeness (QED) is 0.390. The van der Waals surface area contributed by atoms with Gasteiger partial charge < -0.3 is 9.15 Å². The monoisotopic (exact) mass is 440 g/mol. The van der Waals surface area contributed by atoms with Crippen LogP contribution in [0.15, 0.2) is 94.1 Å². The van der Waals surface area contributed by atoms with Crippen LogP contribution in [0.3, 0.4) is 0 Å². The van der Waals surface area contributed by atoms with Gasteiger partial charge in [-0.15, -0.1) is 0 Å². The predicted molar refractivity (Wildman–Crippen MR) is 130 cm³/mol. The lowest BCUT2D eigenvalue weighted by Crippen LogP contribution is -2.45. The van der Waals surface area contributed by atoms with Gasteiger partial charge in [0.05, 0.1) is 0 Å². The van der Waals surface area contributed by atoms with Crippen molar-refractivity contribution in [2.24, 2.45) is 0 Å². The molecule has 0 spiro atoms. The highest BCUT2D eigenvalue weighted by Crippen LogP contribution is 2.25. The zero-order valence-corrected chi connectivity index (χ0v) is 18.7. The van der Waals surface area contributed by atoms with Crippen LogP contribution in [0, 0.1) is 0 Å². The van der Waals surface area contributed by atoms with Crippen LogP contribution in [0.25, 0.3) is 11.0 Å². The van der Waals surface area contributed by atoms with E-state index in [0.717, 1.165) is 55.8 Å². The first-order valence-corrected chi connectivity index (χ1v) is 11.4. The SMILES string of the molecule is O=c1cc(CN2CCN(Cc3ccccc3)CC2)c2ccc(OCc3ccccc3)cc2o1. The van der Waals surface area contributed by atoms with E-state index in [1.165, 1.54) is 5.56 Å². The second kappa shape index (κ2) is 10.0. The van der Waals surface area contributed by atoms with Crippen molar-refractivity contribution < 1.29 is 9.15 Å². The molecule has 1 fully saturated rings. The van der Waals surface area contributed by atoms with Gasteiger partial charge in [-0.2, -0.15) is 0 Å². The third kappa shape index (κ3) is 5.51. The normalized spacial score (nSPS) is 15.0. The van der Waals surface area contributed by atoms with Gasteiger partial charge in [0.1, 0.15) is 17.9 Å². The molecule has 0 aliphatic carbocycles. The van der Waals surface area contributed by atoms with Gasteiger partial charge >= 0.3 is 5.63 Å². The molecule has 0 N–H and O–H groups in total. The zero-order chi connectivity index (χ0) is 22.5. The van der Waals surface area contributed by atoms with Crippen LogP contribution in [0.2, 0.25) is 0 Å². The number of ether oxygens (including phenoxy) is 1. The topological polar surface area (TPSA) is 45.9 Å². The predicted octanol–water partition coefficient (Wildman–Crippen LogP) is 4.69. The average molecular weight is 441 g/mol. The first-order valence-electron chi connectivity index (χ1n) is 11.4. The summed E-state index contributed by atoms with van der Waals surface area (Å²) in [5.74, 6) is 0.696. The van der Waals surface area contributed by atoms with E-state index in [1.54, 1.807) is 6.07 Å². The lowest BCUT2D eigenvalue weighted by molar-refractivity contribution is 0.122. The fourth-order valence-electron chi connectivity index (χ4n) is 4.36. The lowest BCUT2D eigenvalue weighted by Gasteiger charge is -2.34. The summed E-state index contributed by atoms with van der Waals surface area (Å²) in [6, 6.07) is 28.0. The molecule has 0 bridgehead atoms. The summed E-state index contributed by atoms with van der Waals surface area (Å²) >= 11 is 0. The Kier molecular flexibility index (Phi) is 6.51. The number of fused-ring (bicyclic) bond motifs is 1. The van der Waals surface area contributed by atoms with E-state index in [0.29, 0.717) is 17.9 Å². The summed E-state index contributed by atoms with van der Waals surface area (Å²) in [7, 11) is 0. The highest BCUT2D eigenvalue weighted by atomic mass is 16.5. The van der Waals surface area contributed by atoms with Crippen molar-refractivity contribution in [1.82, 2.24) is 9.80 Å². The van der Waals surface area contributed by atoms with Crippen molar-refractivity contribution >= 4 is 11.0 Å². The molecule has 1 aliphatic rings. The average Bonchev–Trinajstić information content (AvgIpc) is 2.85. The molecule has 1 aliphatic heterocycles. The van der Waals surface area contributed by atoms with E-state index in [1.807, 2.05) is 48.5 Å². The van der Waals surface area contributed by atoms with Crippen molar-refractivity contribution in [1.29, 1.82) is 0 Å². The molecule has 3 aromatic carbocycles. The minimum Gasteiger partial charge on any atom is -0.489 e. The minimum atomic E-state index is -0.319. The number of hydrogen-bond acceptors (Lipinski definition) is 5. The Morgan fingerprint density at radius 1 is 0.727 bits per heavy atom. The van der Waals surface area contributed by atoms with E-state index in [2.05, 4.69) is 40.1 Å². The maximum absolute atomic E-state index is 12.3. The summed E-state index contributed by atoms with van der Waals surface area (Å²) in [6.07, 6.45) is 0. The summed E-state index contributed by atoms with van der Waals surface area (Å²) < 4.78 is 11.4. The standard InChI is InChI=1S/C28H28N2O3/c31-28-17-24(20-30-15-13-29(14-16-30)19-22-7-3-1-4-8-22)26-12-11-25(18-27(26)33-28)32-21-23-9-5-2-6-10-23/h1-12,17-18H,13-16,19-21H2. The van der Waals surface area contributed by atoms with Gasteiger partial charge in [0.25, 0.3) is 0 Å². The van der Waals surface area contributed by atoms with Crippen LogP contribution in [0.5, 0.6) is 5.75 Å². The van der Waals surface area contributed by atoms with Crippen LogP contribution in [-0.4, -0.2) is 36.0 Å². The second-order valence-corrected chi connectivity index (χ2v) is 8.56. The van der Waals surface area contributed by atoms with Crippen LogP contribution < -0.4 is 10.4 Å². The largest absolute Gasteiger partial charge is 0.489 e. The minimum absolute atomic E-state index is 0.319. The Morgan fingerprint density at radius 3 is 2.06 bits per heavy atom. The highest BCUT2D eigenvalue weighted by Gasteiger charge is 2.18. The molecule has 5 heteroatoms. The maximum atomic E-state index is 12.3. The molecule has 0 unspecified atom stereocenters. The molecular formula is C28H28N2O3. The van der Waals surface area contributed by atoms with Gasteiger partial charge in [-0.25, -0.2) is 4.79 Å².